The third-order valence-electron chi connectivity index (χ3n) is 7.16. The van der Waals surface area contributed by atoms with E-state index in [9.17, 15) is 4.79 Å². The molecule has 2 unspecified atom stereocenters. The molecule has 180 valence electrons. The second-order valence-corrected chi connectivity index (χ2v) is 9.50. The first-order valence-corrected chi connectivity index (χ1v) is 12.4. The molecule has 0 saturated carbocycles. The summed E-state index contributed by atoms with van der Waals surface area (Å²) in [5.74, 6) is 0.652. The summed E-state index contributed by atoms with van der Waals surface area (Å²) in [6, 6.07) is 26.5. The van der Waals surface area contributed by atoms with Crippen molar-refractivity contribution in [1.82, 2.24) is 25.2 Å². The van der Waals surface area contributed by atoms with E-state index in [0.29, 0.717) is 17.9 Å². The number of pyridine rings is 1. The van der Waals surface area contributed by atoms with Gasteiger partial charge in [0.1, 0.15) is 6.04 Å². The molecular weight excluding hydrogens is 448 g/mol. The Labute approximate surface area is 209 Å². The van der Waals surface area contributed by atoms with E-state index in [1.807, 2.05) is 41.1 Å². The van der Waals surface area contributed by atoms with E-state index in [-0.39, 0.29) is 11.6 Å². The number of aromatic amines is 1. The molecule has 36 heavy (non-hydrogen) atoms. The molecule has 2 atom stereocenters. The molecule has 0 fully saturated rings. The number of fused-ring (bicyclic) bond motifs is 2. The van der Waals surface area contributed by atoms with Gasteiger partial charge in [0.25, 0.3) is 5.56 Å². The largest absolute Gasteiger partial charge is 0.354 e. The molecule has 5 aromatic rings. The minimum absolute atomic E-state index is 0.123. The number of aryl methyl sites for hydroxylation is 1. The number of hydrogen-bond donors (Lipinski definition) is 1. The van der Waals surface area contributed by atoms with E-state index in [1.54, 1.807) is 0 Å². The summed E-state index contributed by atoms with van der Waals surface area (Å²) in [6.45, 7) is 4.86. The van der Waals surface area contributed by atoms with Gasteiger partial charge in [-0.3, -0.25) is 4.79 Å². The predicted molar refractivity (Wildman–Crippen MR) is 141 cm³/mol. The Hall–Kier alpha value is -4.26. The number of hydrogen-bond acceptors (Lipinski definition) is 5. The number of para-hydroxylation sites is 1. The van der Waals surface area contributed by atoms with Crippen LogP contribution in [0.2, 0.25) is 0 Å². The van der Waals surface area contributed by atoms with Crippen LogP contribution >= 0.6 is 0 Å². The SMILES string of the molecule is CCc1ccc2[nH]c(=O)c(C(c3nnnn3Cc3ccccc3)N3c4ccccc4CC3C)cc2c1. The van der Waals surface area contributed by atoms with Crippen LogP contribution in [0.4, 0.5) is 5.69 Å². The molecule has 1 N–H and O–H groups in total. The summed E-state index contributed by atoms with van der Waals surface area (Å²) in [5.41, 5.74) is 6.06. The molecule has 1 aliphatic heterocycles. The molecule has 3 aromatic carbocycles. The lowest BCUT2D eigenvalue weighted by Crippen LogP contribution is -2.38. The third-order valence-corrected chi connectivity index (χ3v) is 7.16. The van der Waals surface area contributed by atoms with Crippen molar-refractivity contribution in [3.63, 3.8) is 0 Å². The van der Waals surface area contributed by atoms with Crippen LogP contribution in [0.25, 0.3) is 10.9 Å². The molecule has 6 rings (SSSR count). The van der Waals surface area contributed by atoms with Crippen LogP contribution in [0.5, 0.6) is 0 Å². The number of tetrazole rings is 1. The molecule has 0 saturated heterocycles. The number of nitrogens with one attached hydrogen (secondary N) is 1. The van der Waals surface area contributed by atoms with Crippen molar-refractivity contribution in [2.75, 3.05) is 4.90 Å². The molecular formula is C29H28N6O. The standard InChI is InChI=1S/C29H28N6O/c1-3-20-13-14-25-23(16-20)17-24(29(36)30-25)27(35-19(2)15-22-11-7-8-12-26(22)35)28-31-32-33-34(28)18-21-9-5-4-6-10-21/h4-14,16-17,19,27H,3,15,18H2,1-2H3,(H,30,36). The molecule has 0 spiro atoms. The molecule has 3 heterocycles. The summed E-state index contributed by atoms with van der Waals surface area (Å²) < 4.78 is 1.82. The van der Waals surface area contributed by atoms with Crippen LogP contribution in [0.1, 0.15) is 48.0 Å². The molecule has 0 amide bonds. The Balaban J connectivity index is 1.55. The van der Waals surface area contributed by atoms with Gasteiger partial charge in [0.2, 0.25) is 0 Å². The van der Waals surface area contributed by atoms with Crippen LogP contribution in [0.15, 0.2) is 83.7 Å². The lowest BCUT2D eigenvalue weighted by atomic mass is 10.0. The highest BCUT2D eigenvalue weighted by Crippen LogP contribution is 2.40. The zero-order valence-electron chi connectivity index (χ0n) is 20.4. The molecule has 7 heteroatoms. The maximum atomic E-state index is 13.6. The van der Waals surface area contributed by atoms with Crippen molar-refractivity contribution in [3.05, 3.63) is 117 Å². The van der Waals surface area contributed by atoms with E-state index in [0.717, 1.165) is 35.0 Å². The van der Waals surface area contributed by atoms with Gasteiger partial charge in [0, 0.05) is 22.8 Å². The summed E-state index contributed by atoms with van der Waals surface area (Å²) in [7, 11) is 0. The topological polar surface area (TPSA) is 79.7 Å². The van der Waals surface area contributed by atoms with Crippen LogP contribution in [0, 0.1) is 0 Å². The van der Waals surface area contributed by atoms with Gasteiger partial charge in [0.05, 0.1) is 6.54 Å². The Bertz CT molecular complexity index is 1590. The normalized spacial score (nSPS) is 15.8. The number of aromatic nitrogens is 5. The van der Waals surface area contributed by atoms with Crippen molar-refractivity contribution >= 4 is 16.6 Å². The predicted octanol–water partition coefficient (Wildman–Crippen LogP) is 4.67. The van der Waals surface area contributed by atoms with Gasteiger partial charge in [-0.1, -0.05) is 61.5 Å². The maximum Gasteiger partial charge on any atom is 0.254 e. The quantitative estimate of drug-likeness (QED) is 0.385. The molecule has 0 radical (unpaired) electrons. The van der Waals surface area contributed by atoms with Gasteiger partial charge in [-0.15, -0.1) is 5.10 Å². The Morgan fingerprint density at radius 1 is 1.00 bits per heavy atom. The number of H-pyrrole nitrogens is 1. The van der Waals surface area contributed by atoms with E-state index < -0.39 is 6.04 Å². The lowest BCUT2D eigenvalue weighted by molar-refractivity contribution is 0.544. The smallest absolute Gasteiger partial charge is 0.254 e. The second kappa shape index (κ2) is 9.07. The van der Waals surface area contributed by atoms with Gasteiger partial charge >= 0.3 is 0 Å². The summed E-state index contributed by atoms with van der Waals surface area (Å²) in [6.07, 6.45) is 1.83. The summed E-state index contributed by atoms with van der Waals surface area (Å²) in [4.78, 5) is 19.0. The van der Waals surface area contributed by atoms with Crippen LogP contribution in [0.3, 0.4) is 0 Å². The first kappa shape index (κ1) is 22.2. The van der Waals surface area contributed by atoms with E-state index >= 15 is 0 Å². The molecule has 7 nitrogen and oxygen atoms in total. The molecule has 2 aromatic heterocycles. The highest BCUT2D eigenvalue weighted by molar-refractivity contribution is 5.80. The highest BCUT2D eigenvalue weighted by atomic mass is 16.1. The van der Waals surface area contributed by atoms with Crippen molar-refractivity contribution in [2.24, 2.45) is 0 Å². The average Bonchev–Trinajstić information content (AvgIpc) is 3.49. The zero-order valence-corrected chi connectivity index (χ0v) is 20.4. The number of nitrogens with zero attached hydrogens (tertiary/aromatic N) is 5. The first-order chi connectivity index (χ1) is 17.6. The first-order valence-electron chi connectivity index (χ1n) is 12.4. The third kappa shape index (κ3) is 3.86. The minimum Gasteiger partial charge on any atom is -0.354 e. The van der Waals surface area contributed by atoms with E-state index in [1.165, 1.54) is 11.1 Å². The van der Waals surface area contributed by atoms with Crippen LogP contribution in [-0.2, 0) is 19.4 Å². The van der Waals surface area contributed by atoms with Gasteiger partial charge in [-0.2, -0.15) is 0 Å². The lowest BCUT2D eigenvalue weighted by Gasteiger charge is -2.33. The molecule has 0 bridgehead atoms. The fourth-order valence-corrected chi connectivity index (χ4v) is 5.37. The summed E-state index contributed by atoms with van der Waals surface area (Å²) >= 11 is 0. The van der Waals surface area contributed by atoms with Gasteiger partial charge in [0.15, 0.2) is 5.82 Å². The van der Waals surface area contributed by atoms with Crippen LogP contribution in [-0.4, -0.2) is 31.2 Å². The maximum absolute atomic E-state index is 13.6. The fourth-order valence-electron chi connectivity index (χ4n) is 5.37. The van der Waals surface area contributed by atoms with Gasteiger partial charge in [-0.05, 0) is 76.5 Å². The second-order valence-electron chi connectivity index (χ2n) is 9.50. The van der Waals surface area contributed by atoms with Crippen molar-refractivity contribution in [1.29, 1.82) is 0 Å². The van der Waals surface area contributed by atoms with Gasteiger partial charge < -0.3 is 9.88 Å². The number of anilines is 1. The molecule has 0 aliphatic carbocycles. The van der Waals surface area contributed by atoms with Crippen molar-refractivity contribution < 1.29 is 0 Å². The number of benzene rings is 3. The van der Waals surface area contributed by atoms with E-state index in [2.05, 4.69) is 81.7 Å². The highest BCUT2D eigenvalue weighted by Gasteiger charge is 2.37. The Morgan fingerprint density at radius 3 is 2.64 bits per heavy atom. The Morgan fingerprint density at radius 2 is 1.81 bits per heavy atom. The molecule has 1 aliphatic rings. The van der Waals surface area contributed by atoms with Crippen molar-refractivity contribution in [3.8, 4) is 0 Å². The minimum atomic E-state index is -0.444. The van der Waals surface area contributed by atoms with Crippen LogP contribution < -0.4 is 10.5 Å². The van der Waals surface area contributed by atoms with E-state index in [4.69, 9.17) is 0 Å². The average molecular weight is 477 g/mol. The zero-order chi connectivity index (χ0) is 24.6. The Kier molecular flexibility index (Phi) is 5.60. The fraction of sp³-hybridized carbons (Fsp3) is 0.241. The van der Waals surface area contributed by atoms with Gasteiger partial charge in [-0.25, -0.2) is 4.68 Å². The monoisotopic (exact) mass is 476 g/mol. The summed E-state index contributed by atoms with van der Waals surface area (Å²) in [5, 5.41) is 13.9. The van der Waals surface area contributed by atoms with Crippen molar-refractivity contribution in [2.45, 2.75) is 45.3 Å². The number of rotatable bonds is 6.